The summed E-state index contributed by atoms with van der Waals surface area (Å²) in [5, 5.41) is 14.4. The molecule has 1 aliphatic heterocycles. The van der Waals surface area contributed by atoms with E-state index in [4.69, 9.17) is 23.2 Å². The standard InChI is InChI=1S/C21H24Cl2N2O/c22-15-5-7-20-18(11-15)19-12-16(23)6-8-21(19)25(20)14-17(26)13-24-9-3-1-2-4-10-24/h5-8,11-12,17,26H,1-4,9-10,13-14H2/t17-/m1/s1. The third-order valence-corrected chi connectivity index (χ3v) is 5.82. The van der Waals surface area contributed by atoms with Crippen LogP contribution in [0.4, 0.5) is 0 Å². The Morgan fingerprint density at radius 2 is 1.35 bits per heavy atom. The molecule has 2 aromatic carbocycles. The maximum atomic E-state index is 10.8. The molecular formula is C21H24Cl2N2O. The van der Waals surface area contributed by atoms with Gasteiger partial charge in [0.25, 0.3) is 0 Å². The fraction of sp³-hybridized carbons (Fsp3) is 0.429. The number of aromatic nitrogens is 1. The molecule has 1 saturated heterocycles. The van der Waals surface area contributed by atoms with E-state index >= 15 is 0 Å². The molecule has 0 amide bonds. The molecule has 3 aromatic rings. The first-order chi connectivity index (χ1) is 12.6. The highest BCUT2D eigenvalue weighted by Crippen LogP contribution is 2.33. The minimum atomic E-state index is -0.404. The van der Waals surface area contributed by atoms with E-state index in [-0.39, 0.29) is 0 Å². The number of fused-ring (bicyclic) bond motifs is 3. The zero-order valence-electron chi connectivity index (χ0n) is 14.8. The van der Waals surface area contributed by atoms with Crippen molar-refractivity contribution in [2.24, 2.45) is 0 Å². The lowest BCUT2D eigenvalue weighted by molar-refractivity contribution is 0.102. The number of benzene rings is 2. The highest BCUT2D eigenvalue weighted by Gasteiger charge is 2.17. The van der Waals surface area contributed by atoms with E-state index in [9.17, 15) is 5.11 Å². The summed E-state index contributed by atoms with van der Waals surface area (Å²) in [5.41, 5.74) is 2.17. The van der Waals surface area contributed by atoms with Gasteiger partial charge in [-0.05, 0) is 62.3 Å². The van der Waals surface area contributed by atoms with E-state index in [1.807, 2.05) is 36.4 Å². The zero-order chi connectivity index (χ0) is 18.1. The van der Waals surface area contributed by atoms with Gasteiger partial charge in [0.15, 0.2) is 0 Å². The van der Waals surface area contributed by atoms with Crippen LogP contribution in [0.5, 0.6) is 0 Å². The second-order valence-electron chi connectivity index (χ2n) is 7.30. The van der Waals surface area contributed by atoms with Crippen molar-refractivity contribution in [3.8, 4) is 0 Å². The van der Waals surface area contributed by atoms with Crippen LogP contribution in [0.25, 0.3) is 21.8 Å². The Morgan fingerprint density at radius 1 is 0.808 bits per heavy atom. The summed E-state index contributed by atoms with van der Waals surface area (Å²) in [4.78, 5) is 2.40. The molecular weight excluding hydrogens is 367 g/mol. The summed E-state index contributed by atoms with van der Waals surface area (Å²) in [7, 11) is 0. The molecule has 0 aliphatic carbocycles. The van der Waals surface area contributed by atoms with Gasteiger partial charge >= 0.3 is 0 Å². The largest absolute Gasteiger partial charge is 0.390 e. The maximum absolute atomic E-state index is 10.8. The molecule has 1 aliphatic rings. The molecule has 1 fully saturated rings. The number of hydrogen-bond acceptors (Lipinski definition) is 2. The van der Waals surface area contributed by atoms with E-state index < -0.39 is 6.10 Å². The molecule has 1 atom stereocenters. The Bertz CT molecular complexity index is 854. The van der Waals surface area contributed by atoms with Gasteiger partial charge in [-0.2, -0.15) is 0 Å². The third-order valence-electron chi connectivity index (χ3n) is 5.35. The quantitative estimate of drug-likeness (QED) is 0.651. The van der Waals surface area contributed by atoms with Crippen LogP contribution in [0.3, 0.4) is 0 Å². The van der Waals surface area contributed by atoms with Crippen LogP contribution in [0.1, 0.15) is 25.7 Å². The Hall–Kier alpha value is -1.26. The number of nitrogens with zero attached hydrogens (tertiary/aromatic N) is 2. The average Bonchev–Trinajstić information content (AvgIpc) is 2.77. The molecule has 3 nitrogen and oxygen atoms in total. The molecule has 1 aromatic heterocycles. The lowest BCUT2D eigenvalue weighted by atomic mass is 10.1. The van der Waals surface area contributed by atoms with Crippen molar-refractivity contribution in [2.45, 2.75) is 38.3 Å². The van der Waals surface area contributed by atoms with Gasteiger partial charge in [0.2, 0.25) is 0 Å². The number of aliphatic hydroxyl groups excluding tert-OH is 1. The Kier molecular flexibility index (Phi) is 5.42. The molecule has 0 saturated carbocycles. The van der Waals surface area contributed by atoms with Crippen LogP contribution < -0.4 is 0 Å². The van der Waals surface area contributed by atoms with E-state index in [1.54, 1.807) is 0 Å². The van der Waals surface area contributed by atoms with Crippen molar-refractivity contribution >= 4 is 45.0 Å². The maximum Gasteiger partial charge on any atom is 0.0845 e. The predicted molar refractivity (Wildman–Crippen MR) is 110 cm³/mol. The summed E-state index contributed by atoms with van der Waals surface area (Å²) in [6.07, 6.45) is 4.68. The number of aliphatic hydroxyl groups is 1. The van der Waals surface area contributed by atoms with Gasteiger partial charge < -0.3 is 14.6 Å². The highest BCUT2D eigenvalue weighted by molar-refractivity contribution is 6.33. The minimum absolute atomic E-state index is 0.404. The molecule has 0 radical (unpaired) electrons. The molecule has 2 heterocycles. The first-order valence-corrected chi connectivity index (χ1v) is 10.1. The Labute approximate surface area is 164 Å². The monoisotopic (exact) mass is 390 g/mol. The number of hydrogen-bond donors (Lipinski definition) is 1. The van der Waals surface area contributed by atoms with Gasteiger partial charge in [-0.3, -0.25) is 0 Å². The van der Waals surface area contributed by atoms with Crippen LogP contribution in [0, 0.1) is 0 Å². The van der Waals surface area contributed by atoms with Crippen LogP contribution in [0.2, 0.25) is 10.0 Å². The van der Waals surface area contributed by atoms with Gasteiger partial charge in [0.1, 0.15) is 0 Å². The topological polar surface area (TPSA) is 28.4 Å². The first-order valence-electron chi connectivity index (χ1n) is 9.39. The fourth-order valence-corrected chi connectivity index (χ4v) is 4.47. The van der Waals surface area contributed by atoms with Crippen molar-refractivity contribution in [3.05, 3.63) is 46.4 Å². The van der Waals surface area contributed by atoms with Gasteiger partial charge in [-0.1, -0.05) is 36.0 Å². The fourth-order valence-electron chi connectivity index (χ4n) is 4.13. The number of rotatable bonds is 4. The second kappa shape index (κ2) is 7.77. The van der Waals surface area contributed by atoms with Gasteiger partial charge in [-0.15, -0.1) is 0 Å². The zero-order valence-corrected chi connectivity index (χ0v) is 16.3. The summed E-state index contributed by atoms with van der Waals surface area (Å²) < 4.78 is 2.19. The minimum Gasteiger partial charge on any atom is -0.390 e. The smallest absolute Gasteiger partial charge is 0.0845 e. The third kappa shape index (κ3) is 3.72. The Balaban J connectivity index is 1.66. The SMILES string of the molecule is O[C@H](CN1CCCCCC1)Cn1c2ccc(Cl)cc2c2cc(Cl)ccc21. The molecule has 4 rings (SSSR count). The van der Waals surface area contributed by atoms with Crippen molar-refractivity contribution in [1.29, 1.82) is 0 Å². The summed E-state index contributed by atoms with van der Waals surface area (Å²) in [6.45, 7) is 3.48. The summed E-state index contributed by atoms with van der Waals surface area (Å²) in [6, 6.07) is 11.8. The Morgan fingerprint density at radius 3 is 1.88 bits per heavy atom. The number of likely N-dealkylation sites (tertiary alicyclic amines) is 1. The van der Waals surface area contributed by atoms with E-state index in [1.165, 1.54) is 25.7 Å². The second-order valence-corrected chi connectivity index (χ2v) is 8.18. The van der Waals surface area contributed by atoms with Crippen LogP contribution >= 0.6 is 23.2 Å². The van der Waals surface area contributed by atoms with Gasteiger partial charge in [0.05, 0.1) is 12.6 Å². The lowest BCUT2D eigenvalue weighted by Crippen LogP contribution is -2.35. The van der Waals surface area contributed by atoms with E-state index in [2.05, 4.69) is 9.47 Å². The van der Waals surface area contributed by atoms with E-state index in [0.29, 0.717) is 16.6 Å². The summed E-state index contributed by atoms with van der Waals surface area (Å²) >= 11 is 12.4. The van der Waals surface area contributed by atoms with Crippen LogP contribution in [-0.4, -0.2) is 40.3 Å². The molecule has 0 bridgehead atoms. The molecule has 5 heteroatoms. The van der Waals surface area contributed by atoms with Crippen molar-refractivity contribution < 1.29 is 5.11 Å². The number of β-amino-alcohol motifs (C(OH)–C–C–N with tert-alkyl or cyclic N) is 1. The molecule has 138 valence electrons. The predicted octanol–water partition coefficient (Wildman–Crippen LogP) is 5.34. The average molecular weight is 391 g/mol. The molecule has 0 unspecified atom stereocenters. The summed E-state index contributed by atoms with van der Waals surface area (Å²) in [5.74, 6) is 0. The molecule has 26 heavy (non-hydrogen) atoms. The normalized spacial score (nSPS) is 17.7. The lowest BCUT2D eigenvalue weighted by Gasteiger charge is -2.24. The van der Waals surface area contributed by atoms with Crippen LogP contribution in [0.15, 0.2) is 36.4 Å². The first kappa shape index (κ1) is 18.1. The van der Waals surface area contributed by atoms with Crippen molar-refractivity contribution in [1.82, 2.24) is 9.47 Å². The van der Waals surface area contributed by atoms with E-state index in [0.717, 1.165) is 41.4 Å². The van der Waals surface area contributed by atoms with Gasteiger partial charge in [-0.25, -0.2) is 0 Å². The molecule has 0 spiro atoms. The van der Waals surface area contributed by atoms with Crippen molar-refractivity contribution in [2.75, 3.05) is 19.6 Å². The highest BCUT2D eigenvalue weighted by atomic mass is 35.5. The van der Waals surface area contributed by atoms with Gasteiger partial charge in [0, 0.05) is 38.4 Å². The number of halogens is 2. The van der Waals surface area contributed by atoms with Crippen molar-refractivity contribution in [3.63, 3.8) is 0 Å². The van der Waals surface area contributed by atoms with Crippen LogP contribution in [-0.2, 0) is 6.54 Å². The molecule has 1 N–H and O–H groups in total.